The number of carbonyl (C=O) groups excluding carboxylic acids is 1. The molecule has 1 aliphatic rings. The van der Waals surface area contributed by atoms with Crippen LogP contribution in [0, 0.1) is 0 Å². The van der Waals surface area contributed by atoms with E-state index in [1.54, 1.807) is 17.3 Å². The summed E-state index contributed by atoms with van der Waals surface area (Å²) in [4.78, 5) is 17.6. The van der Waals surface area contributed by atoms with E-state index < -0.39 is 5.60 Å². The molecule has 0 N–H and O–H groups in total. The monoisotopic (exact) mass is 278 g/mol. The van der Waals surface area contributed by atoms with Gasteiger partial charge in [-0.3, -0.25) is 4.98 Å². The van der Waals surface area contributed by atoms with Crippen molar-refractivity contribution in [2.24, 2.45) is 0 Å². The zero-order valence-electron chi connectivity index (χ0n) is 12.3. The van der Waals surface area contributed by atoms with Gasteiger partial charge in [-0.05, 0) is 44.9 Å². The first-order valence-corrected chi connectivity index (χ1v) is 6.92. The normalized spacial score (nSPS) is 19.1. The molecule has 2 rings (SSSR count). The summed E-state index contributed by atoms with van der Waals surface area (Å²) in [5.74, 6) is 0. The van der Waals surface area contributed by atoms with E-state index in [0.29, 0.717) is 19.7 Å². The van der Waals surface area contributed by atoms with Gasteiger partial charge in [-0.1, -0.05) is 0 Å². The molecule has 5 heteroatoms. The second-order valence-electron chi connectivity index (χ2n) is 6.00. The average Bonchev–Trinajstić information content (AvgIpc) is 2.84. The summed E-state index contributed by atoms with van der Waals surface area (Å²) in [5, 5.41) is 0. The maximum Gasteiger partial charge on any atom is 0.410 e. The van der Waals surface area contributed by atoms with Crippen molar-refractivity contribution in [2.45, 2.75) is 45.5 Å². The molecule has 0 aromatic carbocycles. The Morgan fingerprint density at radius 2 is 2.10 bits per heavy atom. The molecule has 0 saturated carbocycles. The third-order valence-corrected chi connectivity index (χ3v) is 3.03. The molecule has 2 heterocycles. The number of nitrogens with zero attached hydrogens (tertiary/aromatic N) is 2. The van der Waals surface area contributed by atoms with Gasteiger partial charge in [0, 0.05) is 18.9 Å². The third-order valence-electron chi connectivity index (χ3n) is 3.03. The zero-order valence-corrected chi connectivity index (χ0v) is 12.3. The molecular formula is C15H22N2O3. The zero-order chi connectivity index (χ0) is 14.6. The van der Waals surface area contributed by atoms with E-state index in [0.717, 1.165) is 12.0 Å². The predicted octanol–water partition coefficient (Wildman–Crippen LogP) is 2.61. The summed E-state index contributed by atoms with van der Waals surface area (Å²) in [6, 6.07) is 3.86. The summed E-state index contributed by atoms with van der Waals surface area (Å²) in [7, 11) is 0. The molecule has 20 heavy (non-hydrogen) atoms. The highest BCUT2D eigenvalue weighted by Gasteiger charge is 2.30. The Balaban J connectivity index is 1.76. The molecule has 1 amide bonds. The van der Waals surface area contributed by atoms with Crippen molar-refractivity contribution in [2.75, 3.05) is 13.1 Å². The molecule has 1 atom stereocenters. The van der Waals surface area contributed by atoms with Crippen LogP contribution in [0.4, 0.5) is 4.79 Å². The van der Waals surface area contributed by atoms with Crippen molar-refractivity contribution in [3.05, 3.63) is 30.1 Å². The quantitative estimate of drug-likeness (QED) is 0.853. The van der Waals surface area contributed by atoms with Crippen LogP contribution in [0.5, 0.6) is 0 Å². The Hall–Kier alpha value is -1.62. The van der Waals surface area contributed by atoms with Crippen LogP contribution in [0.25, 0.3) is 0 Å². The topological polar surface area (TPSA) is 51.7 Å². The molecule has 1 unspecified atom stereocenters. The molecule has 0 radical (unpaired) electrons. The van der Waals surface area contributed by atoms with Gasteiger partial charge in [-0.2, -0.15) is 0 Å². The fourth-order valence-electron chi connectivity index (χ4n) is 2.05. The molecule has 1 aliphatic heterocycles. The minimum absolute atomic E-state index is 0.0793. The Kier molecular flexibility index (Phi) is 4.60. The Morgan fingerprint density at radius 3 is 2.75 bits per heavy atom. The van der Waals surface area contributed by atoms with Crippen molar-refractivity contribution < 1.29 is 14.3 Å². The summed E-state index contributed by atoms with van der Waals surface area (Å²) in [6.45, 7) is 7.46. The highest BCUT2D eigenvalue weighted by molar-refractivity contribution is 5.68. The number of likely N-dealkylation sites (tertiary alicyclic amines) is 1. The van der Waals surface area contributed by atoms with Crippen molar-refractivity contribution in [3.8, 4) is 0 Å². The first-order valence-electron chi connectivity index (χ1n) is 6.92. The maximum absolute atomic E-state index is 11.9. The SMILES string of the molecule is CC(C)(C)OC(=O)N1CCC(OCc2ccncc2)C1. The lowest BCUT2D eigenvalue weighted by molar-refractivity contribution is 0.0184. The van der Waals surface area contributed by atoms with E-state index in [1.165, 1.54) is 0 Å². The van der Waals surface area contributed by atoms with E-state index in [2.05, 4.69) is 4.98 Å². The molecule has 1 saturated heterocycles. The highest BCUT2D eigenvalue weighted by Crippen LogP contribution is 2.18. The first kappa shape index (κ1) is 14.8. The number of pyridine rings is 1. The van der Waals surface area contributed by atoms with Gasteiger partial charge >= 0.3 is 6.09 Å². The van der Waals surface area contributed by atoms with E-state index in [4.69, 9.17) is 9.47 Å². The summed E-state index contributed by atoms with van der Waals surface area (Å²) >= 11 is 0. The number of amides is 1. The fourth-order valence-corrected chi connectivity index (χ4v) is 2.05. The van der Waals surface area contributed by atoms with Gasteiger partial charge in [0.2, 0.25) is 0 Å². The maximum atomic E-state index is 11.9. The second-order valence-corrected chi connectivity index (χ2v) is 6.00. The molecular weight excluding hydrogens is 256 g/mol. The van der Waals surface area contributed by atoms with Gasteiger partial charge in [0.05, 0.1) is 19.3 Å². The molecule has 1 aromatic heterocycles. The predicted molar refractivity (Wildman–Crippen MR) is 75.2 cm³/mol. The summed E-state index contributed by atoms with van der Waals surface area (Å²) in [5.41, 5.74) is 0.642. The van der Waals surface area contributed by atoms with Gasteiger partial charge < -0.3 is 14.4 Å². The van der Waals surface area contributed by atoms with Crippen LogP contribution >= 0.6 is 0 Å². The van der Waals surface area contributed by atoms with Crippen molar-refractivity contribution >= 4 is 6.09 Å². The third kappa shape index (κ3) is 4.49. The Morgan fingerprint density at radius 1 is 1.40 bits per heavy atom. The average molecular weight is 278 g/mol. The number of carbonyl (C=O) groups is 1. The molecule has 0 bridgehead atoms. The van der Waals surface area contributed by atoms with E-state index >= 15 is 0 Å². The lowest BCUT2D eigenvalue weighted by atomic mass is 10.2. The minimum Gasteiger partial charge on any atom is -0.444 e. The van der Waals surface area contributed by atoms with E-state index in [9.17, 15) is 4.79 Å². The minimum atomic E-state index is -0.451. The van der Waals surface area contributed by atoms with Gasteiger partial charge in [0.15, 0.2) is 0 Å². The lowest BCUT2D eigenvalue weighted by Crippen LogP contribution is -2.36. The highest BCUT2D eigenvalue weighted by atomic mass is 16.6. The standard InChI is InChI=1S/C15H22N2O3/c1-15(2,3)20-14(18)17-9-6-13(10-17)19-11-12-4-7-16-8-5-12/h4-5,7-8,13H,6,9-11H2,1-3H3. The number of aromatic nitrogens is 1. The van der Waals surface area contributed by atoms with Crippen LogP contribution in [-0.2, 0) is 16.1 Å². The van der Waals surface area contributed by atoms with Crippen LogP contribution in [0.15, 0.2) is 24.5 Å². The lowest BCUT2D eigenvalue weighted by Gasteiger charge is -2.24. The largest absolute Gasteiger partial charge is 0.444 e. The molecule has 1 fully saturated rings. The number of hydrogen-bond donors (Lipinski definition) is 0. The van der Waals surface area contributed by atoms with Crippen molar-refractivity contribution in [1.82, 2.24) is 9.88 Å². The molecule has 5 nitrogen and oxygen atoms in total. The van der Waals surface area contributed by atoms with Crippen LogP contribution < -0.4 is 0 Å². The van der Waals surface area contributed by atoms with Crippen LogP contribution in [0.3, 0.4) is 0 Å². The van der Waals surface area contributed by atoms with E-state index in [1.807, 2.05) is 32.9 Å². The molecule has 110 valence electrons. The van der Waals surface area contributed by atoms with Gasteiger partial charge in [0.1, 0.15) is 5.60 Å². The summed E-state index contributed by atoms with van der Waals surface area (Å²) in [6.07, 6.45) is 4.17. The first-order chi connectivity index (χ1) is 9.44. The van der Waals surface area contributed by atoms with Crippen LogP contribution in [0.1, 0.15) is 32.8 Å². The van der Waals surface area contributed by atoms with Crippen molar-refractivity contribution in [3.63, 3.8) is 0 Å². The molecule has 0 spiro atoms. The van der Waals surface area contributed by atoms with E-state index in [-0.39, 0.29) is 12.2 Å². The smallest absolute Gasteiger partial charge is 0.410 e. The molecule has 1 aromatic rings. The fraction of sp³-hybridized carbons (Fsp3) is 0.600. The number of hydrogen-bond acceptors (Lipinski definition) is 4. The second kappa shape index (κ2) is 6.22. The van der Waals surface area contributed by atoms with Crippen LogP contribution in [-0.4, -0.2) is 40.8 Å². The van der Waals surface area contributed by atoms with Gasteiger partial charge in [0.25, 0.3) is 0 Å². The Labute approximate surface area is 119 Å². The Bertz CT molecular complexity index is 442. The van der Waals surface area contributed by atoms with Crippen LogP contribution in [0.2, 0.25) is 0 Å². The number of rotatable bonds is 3. The van der Waals surface area contributed by atoms with Gasteiger partial charge in [-0.15, -0.1) is 0 Å². The van der Waals surface area contributed by atoms with Crippen molar-refractivity contribution in [1.29, 1.82) is 0 Å². The summed E-state index contributed by atoms with van der Waals surface area (Å²) < 4.78 is 11.2. The van der Waals surface area contributed by atoms with Gasteiger partial charge in [-0.25, -0.2) is 4.79 Å². The molecule has 0 aliphatic carbocycles. The number of ether oxygens (including phenoxy) is 2.